The highest BCUT2D eigenvalue weighted by molar-refractivity contribution is 5.71. The Morgan fingerprint density at radius 1 is 1.07 bits per heavy atom. The van der Waals surface area contributed by atoms with Crippen LogP contribution < -0.4 is 5.32 Å². The molecule has 3 rings (SSSR count). The zero-order valence-corrected chi connectivity index (χ0v) is 14.5. The largest absolute Gasteiger partial charge is 0.481 e. The van der Waals surface area contributed by atoms with E-state index in [9.17, 15) is 14.7 Å². The van der Waals surface area contributed by atoms with Crippen LogP contribution in [0.15, 0.2) is 73.1 Å². The number of hydrogen-bond donors (Lipinski definition) is 2. The van der Waals surface area contributed by atoms with E-state index in [0.717, 1.165) is 11.3 Å². The molecule has 1 aromatic heterocycles. The molecule has 0 aliphatic heterocycles. The molecule has 1 heterocycles. The Bertz CT molecular complexity index is 894. The number of rotatable bonds is 7. The zero-order chi connectivity index (χ0) is 19.1. The van der Waals surface area contributed by atoms with Crippen molar-refractivity contribution in [2.75, 3.05) is 0 Å². The second kappa shape index (κ2) is 8.66. The SMILES string of the molecule is O=C(O)CC(NC(=O)OCc1ccccc1)c1cnn(-c2ccccc2)c1. The highest BCUT2D eigenvalue weighted by Crippen LogP contribution is 2.18. The normalized spacial score (nSPS) is 11.6. The maximum Gasteiger partial charge on any atom is 0.407 e. The third-order valence-corrected chi connectivity index (χ3v) is 3.91. The van der Waals surface area contributed by atoms with E-state index in [4.69, 9.17) is 4.74 Å². The molecule has 0 aliphatic carbocycles. The first-order valence-electron chi connectivity index (χ1n) is 8.41. The van der Waals surface area contributed by atoms with Crippen molar-refractivity contribution in [1.82, 2.24) is 15.1 Å². The van der Waals surface area contributed by atoms with Crippen LogP contribution in [0.25, 0.3) is 5.69 Å². The van der Waals surface area contributed by atoms with Gasteiger partial charge in [0.2, 0.25) is 0 Å². The Balaban J connectivity index is 1.67. The van der Waals surface area contributed by atoms with Gasteiger partial charge >= 0.3 is 12.1 Å². The van der Waals surface area contributed by atoms with Gasteiger partial charge in [0.25, 0.3) is 0 Å². The molecule has 2 aromatic carbocycles. The predicted octanol–water partition coefficient (Wildman–Crippen LogP) is 3.31. The lowest BCUT2D eigenvalue weighted by Gasteiger charge is -2.15. The summed E-state index contributed by atoms with van der Waals surface area (Å²) in [4.78, 5) is 23.3. The molecule has 1 unspecified atom stereocenters. The summed E-state index contributed by atoms with van der Waals surface area (Å²) in [5, 5.41) is 16.0. The summed E-state index contributed by atoms with van der Waals surface area (Å²) in [5.41, 5.74) is 2.27. The number of nitrogens with zero attached hydrogens (tertiary/aromatic N) is 2. The van der Waals surface area contributed by atoms with Crippen molar-refractivity contribution in [3.05, 3.63) is 84.2 Å². The molecule has 0 radical (unpaired) electrons. The lowest BCUT2D eigenvalue weighted by atomic mass is 10.1. The van der Waals surface area contributed by atoms with Crippen LogP contribution in [-0.4, -0.2) is 26.9 Å². The summed E-state index contributed by atoms with van der Waals surface area (Å²) >= 11 is 0. The molecular formula is C20H19N3O4. The van der Waals surface area contributed by atoms with Crippen LogP contribution in [0.1, 0.15) is 23.6 Å². The molecular weight excluding hydrogens is 346 g/mol. The van der Waals surface area contributed by atoms with Crippen LogP contribution in [0.2, 0.25) is 0 Å². The van der Waals surface area contributed by atoms with E-state index >= 15 is 0 Å². The molecule has 0 fully saturated rings. The zero-order valence-electron chi connectivity index (χ0n) is 14.5. The van der Waals surface area contributed by atoms with Gasteiger partial charge in [0.1, 0.15) is 6.61 Å². The molecule has 27 heavy (non-hydrogen) atoms. The number of carbonyl (C=O) groups is 2. The average molecular weight is 365 g/mol. The number of alkyl carbamates (subject to hydrolysis) is 1. The molecule has 0 saturated carbocycles. The highest BCUT2D eigenvalue weighted by atomic mass is 16.5. The quantitative estimate of drug-likeness (QED) is 0.670. The van der Waals surface area contributed by atoms with Gasteiger partial charge in [-0.1, -0.05) is 48.5 Å². The molecule has 3 aromatic rings. The van der Waals surface area contributed by atoms with Gasteiger partial charge in [-0.05, 0) is 17.7 Å². The first-order valence-corrected chi connectivity index (χ1v) is 8.41. The minimum atomic E-state index is -1.03. The van der Waals surface area contributed by atoms with Gasteiger partial charge in [0.15, 0.2) is 0 Å². The minimum absolute atomic E-state index is 0.107. The number of para-hydroxylation sites is 1. The lowest BCUT2D eigenvalue weighted by molar-refractivity contribution is -0.137. The van der Waals surface area contributed by atoms with E-state index in [2.05, 4.69) is 10.4 Å². The van der Waals surface area contributed by atoms with E-state index in [0.29, 0.717) is 5.56 Å². The summed E-state index contributed by atoms with van der Waals surface area (Å²) in [6.45, 7) is 0.107. The van der Waals surface area contributed by atoms with Crippen LogP contribution in [0.4, 0.5) is 4.79 Å². The number of nitrogens with one attached hydrogen (secondary N) is 1. The Kier molecular flexibility index (Phi) is 5.84. The number of ether oxygens (including phenoxy) is 1. The first kappa shape index (κ1) is 18.2. The summed E-state index contributed by atoms with van der Waals surface area (Å²) in [5.74, 6) is -1.03. The van der Waals surface area contributed by atoms with Crippen molar-refractivity contribution in [3.63, 3.8) is 0 Å². The van der Waals surface area contributed by atoms with Crippen molar-refractivity contribution in [2.45, 2.75) is 19.1 Å². The van der Waals surface area contributed by atoms with Gasteiger partial charge in [-0.2, -0.15) is 5.10 Å². The third kappa shape index (κ3) is 5.18. The second-order valence-corrected chi connectivity index (χ2v) is 5.91. The second-order valence-electron chi connectivity index (χ2n) is 5.91. The maximum atomic E-state index is 12.1. The Morgan fingerprint density at radius 2 is 1.74 bits per heavy atom. The summed E-state index contributed by atoms with van der Waals surface area (Å²) in [6.07, 6.45) is 2.27. The maximum absolute atomic E-state index is 12.1. The van der Waals surface area contributed by atoms with Crippen LogP contribution in [0.5, 0.6) is 0 Å². The van der Waals surface area contributed by atoms with Gasteiger partial charge in [-0.15, -0.1) is 0 Å². The molecule has 0 bridgehead atoms. The van der Waals surface area contributed by atoms with Crippen LogP contribution in [0.3, 0.4) is 0 Å². The lowest BCUT2D eigenvalue weighted by Crippen LogP contribution is -2.30. The molecule has 0 aliphatic rings. The molecule has 0 saturated heterocycles. The third-order valence-electron chi connectivity index (χ3n) is 3.91. The van der Waals surface area contributed by atoms with Crippen molar-refractivity contribution in [3.8, 4) is 5.69 Å². The van der Waals surface area contributed by atoms with Crippen molar-refractivity contribution < 1.29 is 19.4 Å². The number of aliphatic carboxylic acids is 1. The molecule has 1 amide bonds. The smallest absolute Gasteiger partial charge is 0.407 e. The van der Waals surface area contributed by atoms with E-state index in [1.165, 1.54) is 6.20 Å². The molecule has 0 spiro atoms. The monoisotopic (exact) mass is 365 g/mol. The number of hydrogen-bond acceptors (Lipinski definition) is 4. The van der Waals surface area contributed by atoms with Gasteiger partial charge < -0.3 is 15.2 Å². The number of aromatic nitrogens is 2. The van der Waals surface area contributed by atoms with Crippen LogP contribution >= 0.6 is 0 Å². The fraction of sp³-hybridized carbons (Fsp3) is 0.150. The summed E-state index contributed by atoms with van der Waals surface area (Å²) < 4.78 is 6.81. The molecule has 2 N–H and O–H groups in total. The number of benzene rings is 2. The standard InChI is InChI=1S/C20H19N3O4/c24-19(25)11-18(22-20(26)27-14-15-7-3-1-4-8-15)16-12-21-23(13-16)17-9-5-2-6-10-17/h1-10,12-13,18H,11,14H2,(H,22,26)(H,24,25). The Morgan fingerprint density at radius 3 is 2.41 bits per heavy atom. The molecule has 7 nitrogen and oxygen atoms in total. The minimum Gasteiger partial charge on any atom is -0.481 e. The summed E-state index contributed by atoms with van der Waals surface area (Å²) in [6, 6.07) is 17.9. The van der Waals surface area contributed by atoms with Gasteiger partial charge in [-0.25, -0.2) is 9.48 Å². The highest BCUT2D eigenvalue weighted by Gasteiger charge is 2.20. The van der Waals surface area contributed by atoms with Crippen LogP contribution in [0, 0.1) is 0 Å². The van der Waals surface area contributed by atoms with Gasteiger partial charge in [0.05, 0.1) is 24.3 Å². The van der Waals surface area contributed by atoms with E-state index in [1.807, 2.05) is 60.7 Å². The summed E-state index contributed by atoms with van der Waals surface area (Å²) in [7, 11) is 0. The predicted molar refractivity (Wildman–Crippen MR) is 98.3 cm³/mol. The Labute approximate surface area is 156 Å². The first-order chi connectivity index (χ1) is 13.1. The number of amides is 1. The molecule has 1 atom stereocenters. The molecule has 7 heteroatoms. The fourth-order valence-corrected chi connectivity index (χ4v) is 2.57. The number of carboxylic acid groups (broad SMARTS) is 1. The van der Waals surface area contributed by atoms with Crippen molar-refractivity contribution >= 4 is 12.1 Å². The topological polar surface area (TPSA) is 93.5 Å². The van der Waals surface area contributed by atoms with Gasteiger partial charge in [-0.3, -0.25) is 4.79 Å². The van der Waals surface area contributed by atoms with E-state index in [-0.39, 0.29) is 13.0 Å². The van der Waals surface area contributed by atoms with E-state index in [1.54, 1.807) is 10.9 Å². The number of carbonyl (C=O) groups excluding carboxylic acids is 1. The van der Waals surface area contributed by atoms with Crippen molar-refractivity contribution in [2.24, 2.45) is 0 Å². The van der Waals surface area contributed by atoms with Crippen molar-refractivity contribution in [1.29, 1.82) is 0 Å². The van der Waals surface area contributed by atoms with Gasteiger partial charge in [0, 0.05) is 11.8 Å². The average Bonchev–Trinajstić information content (AvgIpc) is 3.17. The van der Waals surface area contributed by atoms with Crippen LogP contribution in [-0.2, 0) is 16.1 Å². The molecule has 138 valence electrons. The Hall–Kier alpha value is -3.61. The fourth-order valence-electron chi connectivity index (χ4n) is 2.57. The number of carboxylic acids is 1. The van der Waals surface area contributed by atoms with E-state index < -0.39 is 18.1 Å².